The summed E-state index contributed by atoms with van der Waals surface area (Å²) in [6.07, 6.45) is 2.07. The van der Waals surface area contributed by atoms with Crippen molar-refractivity contribution >= 4 is 11.8 Å². The predicted octanol–water partition coefficient (Wildman–Crippen LogP) is 0.350. The second-order valence-electron chi connectivity index (χ2n) is 3.65. The van der Waals surface area contributed by atoms with E-state index in [1.54, 1.807) is 0 Å². The number of nitrogens with zero attached hydrogens (tertiary/aromatic N) is 2. The molecule has 0 spiro atoms. The molecule has 1 saturated heterocycles. The zero-order chi connectivity index (χ0) is 11.4. The van der Waals surface area contributed by atoms with Crippen LogP contribution in [0.1, 0.15) is 6.42 Å². The molecule has 4 N–H and O–H groups in total. The summed E-state index contributed by atoms with van der Waals surface area (Å²) in [6, 6.07) is 0. The van der Waals surface area contributed by atoms with E-state index in [1.165, 1.54) is 0 Å². The van der Waals surface area contributed by atoms with E-state index in [2.05, 4.69) is 20.7 Å². The Morgan fingerprint density at radius 1 is 1.62 bits per heavy atom. The van der Waals surface area contributed by atoms with Gasteiger partial charge < -0.3 is 10.1 Å². The summed E-state index contributed by atoms with van der Waals surface area (Å²) in [5.74, 6) is 5.41. The molecule has 1 aromatic heterocycles. The van der Waals surface area contributed by atoms with E-state index in [0.29, 0.717) is 19.1 Å². The Morgan fingerprint density at radius 3 is 3.19 bits per heavy atom. The lowest BCUT2D eigenvalue weighted by Gasteiger charge is -2.10. The molecule has 1 aliphatic rings. The third-order valence-corrected chi connectivity index (χ3v) is 2.46. The number of nitrogens with one attached hydrogen (secondary N) is 2. The molecule has 16 heavy (non-hydrogen) atoms. The average molecular weight is 227 g/mol. The van der Waals surface area contributed by atoms with Gasteiger partial charge in [-0.15, -0.1) is 0 Å². The highest BCUT2D eigenvalue weighted by atomic mass is 19.1. The van der Waals surface area contributed by atoms with Crippen LogP contribution in [-0.4, -0.2) is 29.7 Å². The van der Waals surface area contributed by atoms with Gasteiger partial charge in [0.1, 0.15) is 0 Å². The first-order valence-corrected chi connectivity index (χ1v) is 5.10. The molecular formula is C9H14FN5O. The Balaban J connectivity index is 1.96. The number of hydrogen-bond donors (Lipinski definition) is 3. The topological polar surface area (TPSA) is 85.1 Å². The number of ether oxygens (including phenoxy) is 1. The summed E-state index contributed by atoms with van der Waals surface area (Å²) < 4.78 is 18.5. The van der Waals surface area contributed by atoms with Gasteiger partial charge in [0.25, 0.3) is 0 Å². The second-order valence-corrected chi connectivity index (χ2v) is 3.65. The van der Waals surface area contributed by atoms with Crippen molar-refractivity contribution in [2.75, 3.05) is 30.5 Å². The van der Waals surface area contributed by atoms with E-state index in [0.717, 1.165) is 19.2 Å². The smallest absolute Gasteiger partial charge is 0.239 e. The first-order valence-electron chi connectivity index (χ1n) is 5.10. The van der Waals surface area contributed by atoms with Gasteiger partial charge in [-0.1, -0.05) is 0 Å². The molecule has 0 aromatic carbocycles. The number of hydrogen-bond acceptors (Lipinski definition) is 6. The molecule has 1 aliphatic heterocycles. The SMILES string of the molecule is NNc1ncc(F)c(NCC2CCOC2)n1. The van der Waals surface area contributed by atoms with Gasteiger partial charge in [-0.2, -0.15) is 4.98 Å². The minimum Gasteiger partial charge on any atom is -0.381 e. The molecule has 1 unspecified atom stereocenters. The summed E-state index contributed by atoms with van der Waals surface area (Å²) in [5.41, 5.74) is 2.27. The lowest BCUT2D eigenvalue weighted by molar-refractivity contribution is 0.187. The van der Waals surface area contributed by atoms with Crippen LogP contribution < -0.4 is 16.6 Å². The van der Waals surface area contributed by atoms with Gasteiger partial charge >= 0.3 is 0 Å². The predicted molar refractivity (Wildman–Crippen MR) is 57.2 cm³/mol. The number of rotatable bonds is 4. The quantitative estimate of drug-likeness (QED) is 0.508. The third-order valence-electron chi connectivity index (χ3n) is 2.46. The van der Waals surface area contributed by atoms with Crippen LogP contribution >= 0.6 is 0 Å². The normalized spacial score (nSPS) is 19.8. The maximum absolute atomic E-state index is 13.3. The van der Waals surface area contributed by atoms with Crippen LogP contribution in [0.3, 0.4) is 0 Å². The first-order chi connectivity index (χ1) is 7.79. The summed E-state index contributed by atoms with van der Waals surface area (Å²) in [4.78, 5) is 7.53. The highest BCUT2D eigenvalue weighted by Crippen LogP contribution is 2.15. The molecule has 7 heteroatoms. The Labute approximate surface area is 92.4 Å². The maximum Gasteiger partial charge on any atom is 0.239 e. The van der Waals surface area contributed by atoms with Gasteiger partial charge in [0.2, 0.25) is 5.95 Å². The number of aromatic nitrogens is 2. The van der Waals surface area contributed by atoms with Gasteiger partial charge in [0, 0.05) is 19.1 Å². The van der Waals surface area contributed by atoms with E-state index < -0.39 is 5.82 Å². The first kappa shape index (κ1) is 11.0. The van der Waals surface area contributed by atoms with Gasteiger partial charge in [0.05, 0.1) is 12.8 Å². The van der Waals surface area contributed by atoms with Crippen LogP contribution in [0.5, 0.6) is 0 Å². The standard InChI is InChI=1S/C9H14FN5O/c10-7-4-13-9(15-11)14-8(7)12-3-6-1-2-16-5-6/h4,6H,1-3,5,11H2,(H2,12,13,14,15). The Bertz CT molecular complexity index is 356. The zero-order valence-electron chi connectivity index (χ0n) is 8.74. The molecular weight excluding hydrogens is 213 g/mol. The Kier molecular flexibility index (Phi) is 3.47. The second kappa shape index (κ2) is 5.04. The van der Waals surface area contributed by atoms with Gasteiger partial charge in [0.15, 0.2) is 11.6 Å². The highest BCUT2D eigenvalue weighted by molar-refractivity contribution is 5.40. The summed E-state index contributed by atoms with van der Waals surface area (Å²) >= 11 is 0. The molecule has 1 fully saturated rings. The van der Waals surface area contributed by atoms with Crippen LogP contribution in [0.25, 0.3) is 0 Å². The molecule has 2 rings (SSSR count). The third kappa shape index (κ3) is 2.56. The lowest BCUT2D eigenvalue weighted by Crippen LogP contribution is -2.17. The highest BCUT2D eigenvalue weighted by Gasteiger charge is 2.16. The van der Waals surface area contributed by atoms with Crippen molar-refractivity contribution < 1.29 is 9.13 Å². The summed E-state index contributed by atoms with van der Waals surface area (Å²) in [7, 11) is 0. The Morgan fingerprint density at radius 2 is 2.50 bits per heavy atom. The Hall–Kier alpha value is -1.47. The van der Waals surface area contributed by atoms with Crippen molar-refractivity contribution in [2.45, 2.75) is 6.42 Å². The van der Waals surface area contributed by atoms with Crippen LogP contribution in [0.15, 0.2) is 6.20 Å². The van der Waals surface area contributed by atoms with Gasteiger partial charge in [-0.05, 0) is 6.42 Å². The van der Waals surface area contributed by atoms with Crippen molar-refractivity contribution in [1.29, 1.82) is 0 Å². The van der Waals surface area contributed by atoms with Crippen molar-refractivity contribution in [2.24, 2.45) is 11.8 Å². The fourth-order valence-corrected chi connectivity index (χ4v) is 1.55. The molecule has 1 atom stereocenters. The van der Waals surface area contributed by atoms with Crippen molar-refractivity contribution in [3.63, 3.8) is 0 Å². The van der Waals surface area contributed by atoms with E-state index in [4.69, 9.17) is 10.6 Å². The molecule has 88 valence electrons. The molecule has 1 aromatic rings. The maximum atomic E-state index is 13.3. The van der Waals surface area contributed by atoms with Gasteiger partial charge in [-0.3, -0.25) is 5.43 Å². The van der Waals surface area contributed by atoms with Crippen molar-refractivity contribution in [3.05, 3.63) is 12.0 Å². The van der Waals surface area contributed by atoms with Crippen LogP contribution in [-0.2, 0) is 4.74 Å². The van der Waals surface area contributed by atoms with E-state index >= 15 is 0 Å². The largest absolute Gasteiger partial charge is 0.381 e. The van der Waals surface area contributed by atoms with Crippen LogP contribution in [0, 0.1) is 11.7 Å². The molecule has 6 nitrogen and oxygen atoms in total. The summed E-state index contributed by atoms with van der Waals surface area (Å²) in [5, 5.41) is 2.93. The van der Waals surface area contributed by atoms with E-state index in [1.807, 2.05) is 0 Å². The van der Waals surface area contributed by atoms with Crippen molar-refractivity contribution in [3.8, 4) is 0 Å². The van der Waals surface area contributed by atoms with Crippen LogP contribution in [0.4, 0.5) is 16.2 Å². The van der Waals surface area contributed by atoms with Crippen LogP contribution in [0.2, 0.25) is 0 Å². The average Bonchev–Trinajstić information content (AvgIpc) is 2.81. The fraction of sp³-hybridized carbons (Fsp3) is 0.556. The number of halogens is 1. The van der Waals surface area contributed by atoms with Gasteiger partial charge in [-0.25, -0.2) is 15.2 Å². The molecule has 0 saturated carbocycles. The minimum atomic E-state index is -0.488. The van der Waals surface area contributed by atoms with E-state index in [9.17, 15) is 4.39 Å². The molecule has 2 heterocycles. The van der Waals surface area contributed by atoms with E-state index in [-0.39, 0.29) is 11.8 Å². The number of nitrogens with two attached hydrogens (primary N) is 1. The molecule has 0 bridgehead atoms. The van der Waals surface area contributed by atoms with Crippen molar-refractivity contribution in [1.82, 2.24) is 9.97 Å². The number of nitrogen functional groups attached to an aromatic ring is 1. The number of hydrazine groups is 1. The zero-order valence-corrected chi connectivity index (χ0v) is 8.74. The monoisotopic (exact) mass is 227 g/mol. The molecule has 0 radical (unpaired) electrons. The number of anilines is 2. The lowest BCUT2D eigenvalue weighted by atomic mass is 10.1. The fourth-order valence-electron chi connectivity index (χ4n) is 1.55. The molecule has 0 amide bonds. The minimum absolute atomic E-state index is 0.162. The molecule has 0 aliphatic carbocycles. The summed E-state index contributed by atoms with van der Waals surface area (Å²) in [6.45, 7) is 2.12.